The molecule has 1 N–H and O–H groups in total. The summed E-state index contributed by atoms with van der Waals surface area (Å²) in [6.07, 6.45) is 4.82. The van der Waals surface area contributed by atoms with Gasteiger partial charge in [-0.05, 0) is 42.4 Å². The Labute approximate surface area is 121 Å². The lowest BCUT2D eigenvalue weighted by Crippen LogP contribution is -2.39. The zero-order valence-corrected chi connectivity index (χ0v) is 12.5. The number of rotatable bonds is 2. The zero-order valence-electron chi connectivity index (χ0n) is 12.5. The molecule has 2 unspecified atom stereocenters. The third kappa shape index (κ3) is 3.30. The summed E-state index contributed by atoms with van der Waals surface area (Å²) in [7, 11) is 0. The van der Waals surface area contributed by atoms with Crippen LogP contribution in [-0.2, 0) is 0 Å². The summed E-state index contributed by atoms with van der Waals surface area (Å²) in [5.74, 6) is 0.218. The van der Waals surface area contributed by atoms with Crippen LogP contribution in [-0.4, -0.2) is 6.04 Å². The number of anilines is 1. The van der Waals surface area contributed by atoms with Crippen LogP contribution in [0.3, 0.4) is 0 Å². The summed E-state index contributed by atoms with van der Waals surface area (Å²) in [5.41, 5.74) is 1.39. The second-order valence-electron chi connectivity index (χ2n) is 6.81. The molecular weight excluding hydrogens is 251 g/mol. The third-order valence-electron chi connectivity index (χ3n) is 4.32. The molecule has 1 aromatic carbocycles. The molecule has 1 aliphatic carbocycles. The van der Waals surface area contributed by atoms with Gasteiger partial charge in [0.25, 0.3) is 0 Å². The largest absolute Gasteiger partial charge is 0.381 e. The van der Waals surface area contributed by atoms with Gasteiger partial charge in [0.15, 0.2) is 0 Å². The van der Waals surface area contributed by atoms with E-state index in [0.717, 1.165) is 12.1 Å². The Morgan fingerprint density at radius 1 is 1.25 bits per heavy atom. The van der Waals surface area contributed by atoms with Crippen molar-refractivity contribution in [3.63, 3.8) is 0 Å². The van der Waals surface area contributed by atoms with Crippen molar-refractivity contribution < 1.29 is 4.39 Å². The van der Waals surface area contributed by atoms with E-state index in [1.807, 2.05) is 0 Å². The van der Waals surface area contributed by atoms with E-state index >= 15 is 0 Å². The molecule has 1 aliphatic rings. The molecule has 0 heterocycles. The lowest BCUT2D eigenvalue weighted by Gasteiger charge is -2.41. The highest BCUT2D eigenvalue weighted by molar-refractivity contribution is 5.58. The molecule has 3 heteroatoms. The van der Waals surface area contributed by atoms with E-state index in [9.17, 15) is 4.39 Å². The quantitative estimate of drug-likeness (QED) is 0.847. The molecule has 2 atom stereocenters. The average Bonchev–Trinajstić information content (AvgIpc) is 2.40. The monoisotopic (exact) mass is 274 g/mol. The van der Waals surface area contributed by atoms with E-state index < -0.39 is 0 Å². The minimum absolute atomic E-state index is 0.241. The van der Waals surface area contributed by atoms with Crippen LogP contribution < -0.4 is 5.32 Å². The maximum absolute atomic E-state index is 13.2. The molecule has 0 aromatic heterocycles. The topological polar surface area (TPSA) is 35.8 Å². The van der Waals surface area contributed by atoms with Crippen molar-refractivity contribution in [2.24, 2.45) is 11.3 Å². The van der Waals surface area contributed by atoms with Crippen LogP contribution >= 0.6 is 0 Å². The number of halogens is 1. The molecular formula is C17H23FN2. The Kier molecular flexibility index (Phi) is 4.32. The fraction of sp³-hybridized carbons (Fsp3) is 0.588. The summed E-state index contributed by atoms with van der Waals surface area (Å²) in [4.78, 5) is 0. The summed E-state index contributed by atoms with van der Waals surface area (Å²) < 4.78 is 13.2. The minimum atomic E-state index is -0.358. The number of nitriles is 1. The molecule has 0 saturated heterocycles. The molecule has 20 heavy (non-hydrogen) atoms. The summed E-state index contributed by atoms with van der Waals surface area (Å²) >= 11 is 0. The van der Waals surface area contributed by atoms with Crippen molar-refractivity contribution in [2.45, 2.75) is 52.5 Å². The molecule has 1 fully saturated rings. The van der Waals surface area contributed by atoms with Gasteiger partial charge in [-0.25, -0.2) is 4.39 Å². The summed E-state index contributed by atoms with van der Waals surface area (Å²) in [5, 5.41) is 12.6. The van der Waals surface area contributed by atoms with Crippen molar-refractivity contribution >= 4 is 5.69 Å². The first-order valence-corrected chi connectivity index (χ1v) is 7.38. The predicted molar refractivity (Wildman–Crippen MR) is 79.9 cm³/mol. The van der Waals surface area contributed by atoms with Crippen LogP contribution in [0.5, 0.6) is 0 Å². The molecule has 0 aliphatic heterocycles. The standard InChI is InChI=1S/C17H23FN2/c1-17(2,3)14-6-4-5-7-16(14)20-15-9-8-13(18)10-12(15)11-19/h8-10,14,16,20H,4-7H2,1-3H3. The first-order valence-electron chi connectivity index (χ1n) is 7.38. The van der Waals surface area contributed by atoms with E-state index in [-0.39, 0.29) is 11.2 Å². The van der Waals surface area contributed by atoms with Crippen LogP contribution in [0.4, 0.5) is 10.1 Å². The highest BCUT2D eigenvalue weighted by atomic mass is 19.1. The normalized spacial score (nSPS) is 23.1. The van der Waals surface area contributed by atoms with Gasteiger partial charge in [0.2, 0.25) is 0 Å². The lowest BCUT2D eigenvalue weighted by atomic mass is 9.69. The molecule has 0 spiro atoms. The number of hydrogen-bond acceptors (Lipinski definition) is 2. The Hall–Kier alpha value is -1.56. The van der Waals surface area contributed by atoms with Gasteiger partial charge >= 0.3 is 0 Å². The van der Waals surface area contributed by atoms with Gasteiger partial charge in [0.1, 0.15) is 11.9 Å². The fourth-order valence-corrected chi connectivity index (χ4v) is 3.27. The van der Waals surface area contributed by atoms with E-state index in [4.69, 9.17) is 5.26 Å². The van der Waals surface area contributed by atoms with Crippen LogP contribution in [0.25, 0.3) is 0 Å². The highest BCUT2D eigenvalue weighted by Crippen LogP contribution is 2.39. The summed E-state index contributed by atoms with van der Waals surface area (Å²) in [6.45, 7) is 6.81. The Bertz CT molecular complexity index is 511. The van der Waals surface area contributed by atoms with Crippen LogP contribution in [0, 0.1) is 28.5 Å². The van der Waals surface area contributed by atoms with Crippen LogP contribution in [0.1, 0.15) is 52.0 Å². The van der Waals surface area contributed by atoms with Gasteiger partial charge in [0.05, 0.1) is 11.3 Å². The Balaban J connectivity index is 2.21. The van der Waals surface area contributed by atoms with Gasteiger partial charge in [-0.2, -0.15) is 5.26 Å². The zero-order chi connectivity index (χ0) is 14.8. The number of nitrogens with one attached hydrogen (secondary N) is 1. The van der Waals surface area contributed by atoms with Crippen molar-refractivity contribution in [3.8, 4) is 6.07 Å². The average molecular weight is 274 g/mol. The first-order chi connectivity index (χ1) is 9.41. The molecule has 0 radical (unpaired) electrons. The van der Waals surface area contributed by atoms with Crippen molar-refractivity contribution in [1.29, 1.82) is 5.26 Å². The predicted octanol–water partition coefficient (Wildman–Crippen LogP) is 4.71. The number of nitrogens with zero attached hydrogens (tertiary/aromatic N) is 1. The first kappa shape index (κ1) is 14.8. The second-order valence-corrected chi connectivity index (χ2v) is 6.81. The number of hydrogen-bond donors (Lipinski definition) is 1. The second kappa shape index (κ2) is 5.83. The fourth-order valence-electron chi connectivity index (χ4n) is 3.27. The van der Waals surface area contributed by atoms with E-state index in [1.165, 1.54) is 31.4 Å². The summed E-state index contributed by atoms with van der Waals surface area (Å²) in [6, 6.07) is 6.84. The maximum atomic E-state index is 13.2. The van der Waals surface area contributed by atoms with Crippen molar-refractivity contribution in [3.05, 3.63) is 29.6 Å². The smallest absolute Gasteiger partial charge is 0.124 e. The highest BCUT2D eigenvalue weighted by Gasteiger charge is 2.34. The van der Waals surface area contributed by atoms with E-state index in [0.29, 0.717) is 17.5 Å². The van der Waals surface area contributed by atoms with Crippen molar-refractivity contribution in [1.82, 2.24) is 0 Å². The Morgan fingerprint density at radius 3 is 2.60 bits per heavy atom. The molecule has 2 nitrogen and oxygen atoms in total. The molecule has 2 rings (SSSR count). The molecule has 108 valence electrons. The molecule has 0 amide bonds. The number of benzene rings is 1. The van der Waals surface area contributed by atoms with Gasteiger partial charge < -0.3 is 5.32 Å². The van der Waals surface area contributed by atoms with Gasteiger partial charge in [0, 0.05) is 6.04 Å². The van der Waals surface area contributed by atoms with Gasteiger partial charge in [-0.3, -0.25) is 0 Å². The van der Waals surface area contributed by atoms with Crippen LogP contribution in [0.15, 0.2) is 18.2 Å². The molecule has 1 saturated carbocycles. The van der Waals surface area contributed by atoms with E-state index in [1.54, 1.807) is 6.07 Å². The molecule has 1 aromatic rings. The van der Waals surface area contributed by atoms with Gasteiger partial charge in [-0.15, -0.1) is 0 Å². The SMILES string of the molecule is CC(C)(C)C1CCCCC1Nc1ccc(F)cc1C#N. The third-order valence-corrected chi connectivity index (χ3v) is 4.32. The van der Waals surface area contributed by atoms with Crippen molar-refractivity contribution in [2.75, 3.05) is 5.32 Å². The Morgan fingerprint density at radius 2 is 1.95 bits per heavy atom. The molecule has 0 bridgehead atoms. The minimum Gasteiger partial charge on any atom is -0.381 e. The maximum Gasteiger partial charge on any atom is 0.124 e. The van der Waals surface area contributed by atoms with Crippen LogP contribution in [0.2, 0.25) is 0 Å². The van der Waals surface area contributed by atoms with E-state index in [2.05, 4.69) is 32.2 Å². The lowest BCUT2D eigenvalue weighted by molar-refractivity contribution is 0.163. The van der Waals surface area contributed by atoms with Gasteiger partial charge in [-0.1, -0.05) is 33.6 Å².